The van der Waals surface area contributed by atoms with Gasteiger partial charge in [-0.25, -0.2) is 0 Å². The first-order valence-corrected chi connectivity index (χ1v) is 10.1. The van der Waals surface area contributed by atoms with Gasteiger partial charge in [-0.2, -0.15) is 0 Å². The number of hydrogen-bond donors (Lipinski definition) is 1. The summed E-state index contributed by atoms with van der Waals surface area (Å²) in [5.74, 6) is 1.74. The minimum Gasteiger partial charge on any atom is -0.359 e. The molecular weight excluding hydrogens is 330 g/mol. The predicted molar refractivity (Wildman–Crippen MR) is 98.4 cm³/mol. The lowest BCUT2D eigenvalue weighted by molar-refractivity contribution is -0.138. The number of rotatable bonds is 8. The van der Waals surface area contributed by atoms with Crippen LogP contribution in [0.5, 0.6) is 0 Å². The van der Waals surface area contributed by atoms with Crippen molar-refractivity contribution in [2.45, 2.75) is 65.3 Å². The third kappa shape index (κ3) is 5.32. The molecule has 1 N–H and O–H groups in total. The maximum Gasteiger partial charge on any atom is 0.273 e. The SMILES string of the molecule is CC(C)CN(Cc1cc(C(=O)NCC2CC2)no1)C(=O)C1CCCCC1. The van der Waals surface area contributed by atoms with Gasteiger partial charge in [-0.3, -0.25) is 9.59 Å². The summed E-state index contributed by atoms with van der Waals surface area (Å²) in [6, 6.07) is 1.67. The molecule has 2 saturated carbocycles. The number of nitrogens with one attached hydrogen (secondary N) is 1. The van der Waals surface area contributed by atoms with Crippen molar-refractivity contribution in [3.63, 3.8) is 0 Å². The van der Waals surface area contributed by atoms with Crippen LogP contribution < -0.4 is 5.32 Å². The summed E-state index contributed by atoms with van der Waals surface area (Å²) in [6.07, 6.45) is 7.86. The highest BCUT2D eigenvalue weighted by Gasteiger charge is 2.28. The fourth-order valence-electron chi connectivity index (χ4n) is 3.61. The van der Waals surface area contributed by atoms with Gasteiger partial charge in [0.25, 0.3) is 5.91 Å². The molecule has 0 aliphatic heterocycles. The van der Waals surface area contributed by atoms with Crippen LogP contribution in [0.1, 0.15) is 75.0 Å². The molecule has 2 aliphatic carbocycles. The molecular formula is C20H31N3O3. The second-order valence-corrected chi connectivity index (χ2v) is 8.28. The average Bonchev–Trinajstić information content (AvgIpc) is 3.35. The molecule has 0 unspecified atom stereocenters. The van der Waals surface area contributed by atoms with Crippen molar-refractivity contribution >= 4 is 11.8 Å². The van der Waals surface area contributed by atoms with Gasteiger partial charge in [0.15, 0.2) is 11.5 Å². The summed E-state index contributed by atoms with van der Waals surface area (Å²) in [5, 5.41) is 6.79. The van der Waals surface area contributed by atoms with Crippen LogP contribution in [0, 0.1) is 17.8 Å². The lowest BCUT2D eigenvalue weighted by atomic mass is 9.88. The van der Waals surface area contributed by atoms with Gasteiger partial charge in [0.1, 0.15) is 0 Å². The van der Waals surface area contributed by atoms with Crippen molar-refractivity contribution in [2.75, 3.05) is 13.1 Å². The maximum absolute atomic E-state index is 12.9. The van der Waals surface area contributed by atoms with E-state index in [0.29, 0.717) is 42.9 Å². The van der Waals surface area contributed by atoms with Gasteiger partial charge in [0.05, 0.1) is 6.54 Å². The van der Waals surface area contributed by atoms with Crippen LogP contribution in [0.15, 0.2) is 10.6 Å². The molecule has 1 heterocycles. The van der Waals surface area contributed by atoms with Crippen molar-refractivity contribution in [1.29, 1.82) is 0 Å². The van der Waals surface area contributed by atoms with Gasteiger partial charge >= 0.3 is 0 Å². The normalized spacial score (nSPS) is 18.1. The summed E-state index contributed by atoms with van der Waals surface area (Å²) in [5.41, 5.74) is 0.301. The lowest BCUT2D eigenvalue weighted by Crippen LogP contribution is -2.38. The Morgan fingerprint density at radius 3 is 2.62 bits per heavy atom. The molecule has 0 spiro atoms. The monoisotopic (exact) mass is 361 g/mol. The Morgan fingerprint density at radius 2 is 1.96 bits per heavy atom. The third-order valence-electron chi connectivity index (χ3n) is 5.24. The zero-order valence-corrected chi connectivity index (χ0v) is 16.0. The Labute approximate surface area is 155 Å². The summed E-state index contributed by atoms with van der Waals surface area (Å²) < 4.78 is 5.35. The molecule has 6 heteroatoms. The Balaban J connectivity index is 1.60. The number of hydrogen-bond acceptors (Lipinski definition) is 4. The maximum atomic E-state index is 12.9. The highest BCUT2D eigenvalue weighted by Crippen LogP contribution is 2.28. The third-order valence-corrected chi connectivity index (χ3v) is 5.24. The largest absolute Gasteiger partial charge is 0.359 e. The first-order chi connectivity index (χ1) is 12.5. The highest BCUT2D eigenvalue weighted by molar-refractivity contribution is 5.92. The molecule has 3 rings (SSSR count). The predicted octanol–water partition coefficient (Wildman–Crippen LogP) is 3.38. The van der Waals surface area contributed by atoms with Gasteiger partial charge in [-0.05, 0) is 37.5 Å². The Bertz CT molecular complexity index is 616. The highest BCUT2D eigenvalue weighted by atomic mass is 16.5. The van der Waals surface area contributed by atoms with Crippen LogP contribution in [0.3, 0.4) is 0 Å². The molecule has 1 aromatic rings. The van der Waals surface area contributed by atoms with E-state index in [-0.39, 0.29) is 17.7 Å². The zero-order valence-electron chi connectivity index (χ0n) is 16.0. The van der Waals surface area contributed by atoms with E-state index >= 15 is 0 Å². The summed E-state index contributed by atoms with van der Waals surface area (Å²) in [6.45, 7) is 6.01. The number of carbonyl (C=O) groups excluding carboxylic acids is 2. The fraction of sp³-hybridized carbons (Fsp3) is 0.750. The molecule has 26 heavy (non-hydrogen) atoms. The minimum atomic E-state index is -0.194. The molecule has 6 nitrogen and oxygen atoms in total. The van der Waals surface area contributed by atoms with Crippen molar-refractivity contribution in [2.24, 2.45) is 17.8 Å². The Kier molecular flexibility index (Phi) is 6.33. The molecule has 0 radical (unpaired) electrons. The zero-order chi connectivity index (χ0) is 18.5. The van der Waals surface area contributed by atoms with E-state index in [0.717, 1.165) is 25.7 Å². The standard InChI is InChI=1S/C20H31N3O3/c1-14(2)12-23(20(25)16-6-4-3-5-7-16)13-17-10-18(22-26-17)19(24)21-11-15-8-9-15/h10,14-16H,3-9,11-13H2,1-2H3,(H,21,24). The van der Waals surface area contributed by atoms with Gasteiger partial charge in [-0.1, -0.05) is 38.3 Å². The summed E-state index contributed by atoms with van der Waals surface area (Å²) in [7, 11) is 0. The number of amides is 2. The van der Waals surface area contributed by atoms with Crippen LogP contribution in [0.2, 0.25) is 0 Å². The summed E-state index contributed by atoms with van der Waals surface area (Å²) in [4.78, 5) is 27.0. The Hall–Kier alpha value is -1.85. The van der Waals surface area contributed by atoms with Gasteiger partial charge in [0, 0.05) is 25.1 Å². The quantitative estimate of drug-likeness (QED) is 0.770. The molecule has 2 aliphatic rings. The lowest BCUT2D eigenvalue weighted by Gasteiger charge is -2.29. The van der Waals surface area contributed by atoms with Gasteiger partial charge in [-0.15, -0.1) is 0 Å². The molecule has 144 valence electrons. The first-order valence-electron chi connectivity index (χ1n) is 10.1. The fourth-order valence-corrected chi connectivity index (χ4v) is 3.61. The Morgan fingerprint density at radius 1 is 1.23 bits per heavy atom. The van der Waals surface area contributed by atoms with Crippen LogP contribution >= 0.6 is 0 Å². The first kappa shape index (κ1) is 18.9. The van der Waals surface area contributed by atoms with Crippen molar-refractivity contribution in [3.8, 4) is 0 Å². The van der Waals surface area contributed by atoms with E-state index in [9.17, 15) is 9.59 Å². The van der Waals surface area contributed by atoms with Crippen LogP contribution in [0.25, 0.3) is 0 Å². The summed E-state index contributed by atoms with van der Waals surface area (Å²) >= 11 is 0. The molecule has 1 aromatic heterocycles. The van der Waals surface area contributed by atoms with Gasteiger partial charge in [0.2, 0.25) is 5.91 Å². The van der Waals surface area contributed by atoms with E-state index < -0.39 is 0 Å². The molecule has 0 aromatic carbocycles. The van der Waals surface area contributed by atoms with E-state index in [2.05, 4.69) is 24.3 Å². The van der Waals surface area contributed by atoms with E-state index in [4.69, 9.17) is 4.52 Å². The van der Waals surface area contributed by atoms with E-state index in [1.807, 2.05) is 4.90 Å². The van der Waals surface area contributed by atoms with Crippen molar-refractivity contribution in [1.82, 2.24) is 15.4 Å². The number of carbonyl (C=O) groups is 2. The molecule has 0 bridgehead atoms. The van der Waals surface area contributed by atoms with Crippen LogP contribution in [-0.2, 0) is 11.3 Å². The number of nitrogens with zero attached hydrogens (tertiary/aromatic N) is 2. The second-order valence-electron chi connectivity index (χ2n) is 8.28. The number of aromatic nitrogens is 1. The molecule has 2 fully saturated rings. The van der Waals surface area contributed by atoms with Crippen LogP contribution in [0.4, 0.5) is 0 Å². The smallest absolute Gasteiger partial charge is 0.273 e. The molecule has 2 amide bonds. The molecule has 0 atom stereocenters. The average molecular weight is 361 g/mol. The topological polar surface area (TPSA) is 75.4 Å². The van der Waals surface area contributed by atoms with Gasteiger partial charge < -0.3 is 14.7 Å². The van der Waals surface area contributed by atoms with E-state index in [1.165, 1.54) is 19.3 Å². The van der Waals surface area contributed by atoms with Crippen molar-refractivity contribution < 1.29 is 14.1 Å². The minimum absolute atomic E-state index is 0.131. The van der Waals surface area contributed by atoms with Crippen molar-refractivity contribution in [3.05, 3.63) is 17.5 Å². The second kappa shape index (κ2) is 8.69. The van der Waals surface area contributed by atoms with Crippen LogP contribution in [-0.4, -0.2) is 35.0 Å². The molecule has 0 saturated heterocycles. The van der Waals surface area contributed by atoms with E-state index in [1.54, 1.807) is 6.07 Å².